The van der Waals surface area contributed by atoms with E-state index in [-0.39, 0.29) is 0 Å². The fraction of sp³-hybridized carbons (Fsp3) is 0. The molecule has 0 aliphatic carbocycles. The minimum atomic E-state index is -2.54. The van der Waals surface area contributed by atoms with Gasteiger partial charge in [-0.1, -0.05) is 0 Å². The molecule has 0 amide bonds. The van der Waals surface area contributed by atoms with Gasteiger partial charge in [0.05, 0.1) is 0 Å². The Hall–Kier alpha value is -0.490. The molecule has 0 spiro atoms. The first-order chi connectivity index (χ1) is 2.77. The van der Waals surface area contributed by atoms with E-state index in [1.807, 2.05) is 0 Å². The molecule has 0 fully saturated rings. The standard InChI is InChI=1S/HNO4S/c2-1-5-6(3)4/h(H,3,4). The van der Waals surface area contributed by atoms with E-state index in [0.717, 1.165) is 0 Å². The second-order valence-electron chi connectivity index (χ2n) is 0.366. The molecule has 0 radical (unpaired) electrons. The SMILES string of the molecule is O=NOS(=O)O. The summed E-state index contributed by atoms with van der Waals surface area (Å²) in [5, 5.41) is 1.64. The van der Waals surface area contributed by atoms with Gasteiger partial charge in [-0.05, 0) is 0 Å². The van der Waals surface area contributed by atoms with Crippen LogP contribution in [0.25, 0.3) is 0 Å². The van der Waals surface area contributed by atoms with Crippen molar-refractivity contribution in [3.05, 3.63) is 4.91 Å². The normalized spacial score (nSPS) is 12.8. The third-order valence-corrected chi connectivity index (χ3v) is 0.283. The maximum atomic E-state index is 9.19. The summed E-state index contributed by atoms with van der Waals surface area (Å²) in [6, 6.07) is 0. The van der Waals surface area contributed by atoms with Crippen molar-refractivity contribution in [2.75, 3.05) is 0 Å². The van der Waals surface area contributed by atoms with Crippen LogP contribution in [-0.2, 0) is 15.6 Å². The van der Waals surface area contributed by atoms with Crippen molar-refractivity contribution in [2.45, 2.75) is 0 Å². The maximum absolute atomic E-state index is 9.19. The van der Waals surface area contributed by atoms with Gasteiger partial charge in [-0.25, -0.2) is 4.28 Å². The first kappa shape index (κ1) is 5.51. The molecule has 0 saturated heterocycles. The smallest absolute Gasteiger partial charge is 0.273 e. The lowest BCUT2D eigenvalue weighted by molar-refractivity contribution is 0.320. The lowest BCUT2D eigenvalue weighted by atomic mass is 13.4. The number of hydrogen-bond donors (Lipinski definition) is 1. The predicted octanol–water partition coefficient (Wildman–Crippen LogP) is -0.179. The highest BCUT2D eigenvalue weighted by atomic mass is 32.2. The fourth-order valence-electron chi connectivity index (χ4n) is 0.0260. The average molecular weight is 111 g/mol. The summed E-state index contributed by atoms with van der Waals surface area (Å²) in [4.78, 5) is 8.79. The Morgan fingerprint density at radius 3 is 2.33 bits per heavy atom. The van der Waals surface area contributed by atoms with Gasteiger partial charge in [-0.2, -0.15) is 4.21 Å². The summed E-state index contributed by atoms with van der Waals surface area (Å²) in [6.07, 6.45) is 0. The Bertz CT molecular complexity index is 67.9. The van der Waals surface area contributed by atoms with Gasteiger partial charge in [-0.15, -0.1) is 4.91 Å². The highest BCUT2D eigenvalue weighted by molar-refractivity contribution is 7.74. The van der Waals surface area contributed by atoms with Crippen LogP contribution in [0, 0.1) is 4.91 Å². The van der Waals surface area contributed by atoms with Crippen LogP contribution in [0.1, 0.15) is 0 Å². The van der Waals surface area contributed by atoms with Crippen LogP contribution >= 0.6 is 0 Å². The molecule has 1 unspecified atom stereocenters. The molecule has 0 saturated carbocycles. The Balaban J connectivity index is 3.05. The molecule has 0 heterocycles. The van der Waals surface area contributed by atoms with Gasteiger partial charge in [0.25, 0.3) is 0 Å². The van der Waals surface area contributed by atoms with Gasteiger partial charge in [0, 0.05) is 0 Å². The molecule has 6 heteroatoms. The Kier molecular flexibility index (Phi) is 2.51. The minimum Gasteiger partial charge on any atom is -0.273 e. The summed E-state index contributed by atoms with van der Waals surface area (Å²) in [7, 11) is 0. The third kappa shape index (κ3) is 3.51. The average Bonchev–Trinajstić information content (AvgIpc) is 1.35. The highest BCUT2D eigenvalue weighted by Crippen LogP contribution is 1.73. The third-order valence-electron chi connectivity index (χ3n) is 0.0942. The molecule has 6 heavy (non-hydrogen) atoms. The van der Waals surface area contributed by atoms with E-state index in [2.05, 4.69) is 4.28 Å². The predicted molar refractivity (Wildman–Crippen MR) is 17.7 cm³/mol. The van der Waals surface area contributed by atoms with E-state index in [1.54, 1.807) is 5.34 Å². The molecule has 0 bridgehead atoms. The van der Waals surface area contributed by atoms with Crippen molar-refractivity contribution >= 4 is 11.4 Å². The summed E-state index contributed by atoms with van der Waals surface area (Å²) in [6.45, 7) is 0. The molecule has 0 rings (SSSR count). The van der Waals surface area contributed by atoms with Crippen molar-refractivity contribution < 1.29 is 13.0 Å². The molecule has 0 aliphatic heterocycles. The van der Waals surface area contributed by atoms with Gasteiger partial charge in [0.15, 0.2) is 5.34 Å². The first-order valence-corrected chi connectivity index (χ1v) is 1.91. The van der Waals surface area contributed by atoms with E-state index in [1.165, 1.54) is 0 Å². The van der Waals surface area contributed by atoms with Crippen LogP contribution in [0.5, 0.6) is 0 Å². The zero-order valence-corrected chi connectivity index (χ0v) is 3.34. The van der Waals surface area contributed by atoms with Crippen molar-refractivity contribution in [1.82, 2.24) is 0 Å². The lowest BCUT2D eigenvalue weighted by Crippen LogP contribution is -1.83. The van der Waals surface area contributed by atoms with Crippen LogP contribution < -0.4 is 0 Å². The molecule has 0 aromatic rings. The minimum absolute atomic E-state index is 1.64. The highest BCUT2D eigenvalue weighted by Gasteiger charge is 1.84. The molecule has 1 N–H and O–H groups in total. The molecule has 5 nitrogen and oxygen atoms in total. The second-order valence-corrected chi connectivity index (χ2v) is 0.949. The van der Waals surface area contributed by atoms with Gasteiger partial charge < -0.3 is 0 Å². The summed E-state index contributed by atoms with van der Waals surface area (Å²) < 4.78 is 19.8. The van der Waals surface area contributed by atoms with Crippen LogP contribution in [0.3, 0.4) is 0 Å². The van der Waals surface area contributed by atoms with Crippen LogP contribution in [0.15, 0.2) is 5.34 Å². The molecule has 36 valence electrons. The van der Waals surface area contributed by atoms with Gasteiger partial charge >= 0.3 is 11.4 Å². The number of rotatable bonds is 2. The molecule has 0 aliphatic rings. The number of nitrogens with zero attached hydrogens (tertiary/aromatic N) is 1. The molecular weight excluding hydrogens is 110 g/mol. The van der Waals surface area contributed by atoms with Gasteiger partial charge in [-0.3, -0.25) is 4.55 Å². The largest absolute Gasteiger partial charge is 0.381 e. The summed E-state index contributed by atoms with van der Waals surface area (Å²) >= 11 is -2.54. The monoisotopic (exact) mass is 111 g/mol. The van der Waals surface area contributed by atoms with Crippen LogP contribution in [0.2, 0.25) is 0 Å². The molecule has 0 aromatic carbocycles. The van der Waals surface area contributed by atoms with Gasteiger partial charge in [0.1, 0.15) is 0 Å². The zero-order chi connectivity index (χ0) is 4.99. The Morgan fingerprint density at radius 1 is 1.83 bits per heavy atom. The fourth-order valence-corrected chi connectivity index (χ4v) is 0.0781. The number of hydrogen-bond acceptors (Lipinski definition) is 4. The van der Waals surface area contributed by atoms with Crippen molar-refractivity contribution in [3.63, 3.8) is 0 Å². The van der Waals surface area contributed by atoms with E-state index < -0.39 is 11.4 Å². The quantitative estimate of drug-likeness (QED) is 0.304. The second kappa shape index (κ2) is 2.73. The van der Waals surface area contributed by atoms with E-state index in [9.17, 15) is 4.21 Å². The zero-order valence-electron chi connectivity index (χ0n) is 2.53. The van der Waals surface area contributed by atoms with Crippen LogP contribution in [-0.4, -0.2) is 8.76 Å². The van der Waals surface area contributed by atoms with Crippen molar-refractivity contribution in [2.24, 2.45) is 5.34 Å². The summed E-state index contributed by atoms with van der Waals surface area (Å²) in [5.41, 5.74) is 0. The molecular formula is HNO4S. The van der Waals surface area contributed by atoms with E-state index >= 15 is 0 Å². The van der Waals surface area contributed by atoms with Crippen LogP contribution in [0.4, 0.5) is 0 Å². The topological polar surface area (TPSA) is 76.0 Å². The lowest BCUT2D eigenvalue weighted by Gasteiger charge is -1.74. The van der Waals surface area contributed by atoms with E-state index in [4.69, 9.17) is 9.46 Å². The Morgan fingerprint density at radius 2 is 2.33 bits per heavy atom. The molecule has 0 aromatic heterocycles. The van der Waals surface area contributed by atoms with Gasteiger partial charge in [0.2, 0.25) is 0 Å². The maximum Gasteiger partial charge on any atom is 0.381 e. The van der Waals surface area contributed by atoms with E-state index in [0.29, 0.717) is 0 Å². The summed E-state index contributed by atoms with van der Waals surface area (Å²) in [5.74, 6) is 0. The van der Waals surface area contributed by atoms with Crippen molar-refractivity contribution in [1.29, 1.82) is 0 Å². The first-order valence-electron chi connectivity index (χ1n) is 0.881. The Labute approximate surface area is 35.7 Å². The van der Waals surface area contributed by atoms with Crippen molar-refractivity contribution in [3.8, 4) is 0 Å². The molecule has 1 atom stereocenters.